The van der Waals surface area contributed by atoms with E-state index in [4.69, 9.17) is 0 Å². The van der Waals surface area contributed by atoms with Gasteiger partial charge in [0.15, 0.2) is 0 Å². The molecule has 1 saturated carbocycles. The molecule has 136 valence electrons. The number of benzene rings is 2. The van der Waals surface area contributed by atoms with Gasteiger partial charge in [-0.25, -0.2) is 4.39 Å². The van der Waals surface area contributed by atoms with Crippen LogP contribution in [0.3, 0.4) is 0 Å². The van der Waals surface area contributed by atoms with E-state index in [1.807, 2.05) is 6.07 Å². The SMILES string of the molecule is O=C(NCC(c1ccccc1)N1CCCC1)C1(c2ccc(F)cc2)CC1. The average Bonchev–Trinajstić information content (AvgIpc) is 3.31. The van der Waals surface area contributed by atoms with Crippen LogP contribution < -0.4 is 5.32 Å². The maximum absolute atomic E-state index is 13.2. The fourth-order valence-corrected chi connectivity index (χ4v) is 4.09. The molecule has 4 rings (SSSR count). The number of rotatable bonds is 6. The van der Waals surface area contributed by atoms with Gasteiger partial charge in [-0.2, -0.15) is 0 Å². The highest BCUT2D eigenvalue weighted by molar-refractivity contribution is 5.91. The van der Waals surface area contributed by atoms with Crippen molar-refractivity contribution in [2.45, 2.75) is 37.1 Å². The van der Waals surface area contributed by atoms with Crippen LogP contribution in [-0.4, -0.2) is 30.4 Å². The Labute approximate surface area is 154 Å². The van der Waals surface area contributed by atoms with Gasteiger partial charge in [-0.1, -0.05) is 42.5 Å². The Morgan fingerprint density at radius 3 is 2.31 bits per heavy atom. The number of likely N-dealkylation sites (tertiary alicyclic amines) is 1. The van der Waals surface area contributed by atoms with E-state index in [1.165, 1.54) is 30.5 Å². The van der Waals surface area contributed by atoms with E-state index < -0.39 is 5.41 Å². The van der Waals surface area contributed by atoms with E-state index in [0.717, 1.165) is 31.5 Å². The second-order valence-electron chi connectivity index (χ2n) is 7.47. The molecule has 2 aliphatic rings. The zero-order valence-corrected chi connectivity index (χ0v) is 15.0. The average molecular weight is 352 g/mol. The smallest absolute Gasteiger partial charge is 0.230 e. The van der Waals surface area contributed by atoms with E-state index in [2.05, 4.69) is 34.5 Å². The first-order valence-corrected chi connectivity index (χ1v) is 9.52. The third kappa shape index (κ3) is 3.38. The van der Waals surface area contributed by atoms with E-state index in [0.29, 0.717) is 6.54 Å². The van der Waals surface area contributed by atoms with Gasteiger partial charge < -0.3 is 5.32 Å². The first-order chi connectivity index (χ1) is 12.7. The summed E-state index contributed by atoms with van der Waals surface area (Å²) in [5.74, 6) is -0.188. The molecule has 1 unspecified atom stereocenters. The minimum absolute atomic E-state index is 0.0734. The lowest BCUT2D eigenvalue weighted by molar-refractivity contribution is -0.123. The van der Waals surface area contributed by atoms with E-state index in [9.17, 15) is 9.18 Å². The summed E-state index contributed by atoms with van der Waals surface area (Å²) >= 11 is 0. The summed E-state index contributed by atoms with van der Waals surface area (Å²) in [6, 6.07) is 17.0. The van der Waals surface area contributed by atoms with Crippen LogP contribution in [0, 0.1) is 5.82 Å². The molecule has 4 heteroatoms. The standard InChI is InChI=1S/C22H25FN2O/c23-19-10-8-18(9-11-19)22(12-13-22)21(26)24-16-20(25-14-4-5-15-25)17-6-2-1-3-7-17/h1-3,6-11,20H,4-5,12-16H2,(H,24,26). The molecule has 0 radical (unpaired) electrons. The zero-order chi connectivity index (χ0) is 18.0. The molecule has 3 nitrogen and oxygen atoms in total. The minimum atomic E-state index is -0.458. The molecule has 1 aliphatic carbocycles. The monoisotopic (exact) mass is 352 g/mol. The Bertz CT molecular complexity index is 749. The minimum Gasteiger partial charge on any atom is -0.353 e. The normalized spacial score (nSPS) is 19.9. The van der Waals surface area contributed by atoms with Crippen LogP contribution in [0.15, 0.2) is 54.6 Å². The molecule has 1 saturated heterocycles. The molecule has 0 aromatic heterocycles. The highest BCUT2D eigenvalue weighted by Gasteiger charge is 2.51. The van der Waals surface area contributed by atoms with Gasteiger partial charge in [0.25, 0.3) is 0 Å². The summed E-state index contributed by atoms with van der Waals surface area (Å²) in [6.45, 7) is 2.78. The molecule has 1 atom stereocenters. The summed E-state index contributed by atoms with van der Waals surface area (Å²) in [6.07, 6.45) is 4.11. The summed E-state index contributed by atoms with van der Waals surface area (Å²) in [5, 5.41) is 3.20. The Morgan fingerprint density at radius 2 is 1.69 bits per heavy atom. The summed E-state index contributed by atoms with van der Waals surface area (Å²) in [4.78, 5) is 15.4. The van der Waals surface area contributed by atoms with Crippen LogP contribution in [0.4, 0.5) is 4.39 Å². The molecule has 1 heterocycles. The van der Waals surface area contributed by atoms with Crippen molar-refractivity contribution in [1.82, 2.24) is 10.2 Å². The first kappa shape index (κ1) is 17.2. The molecule has 2 fully saturated rings. The lowest BCUT2D eigenvalue weighted by atomic mass is 9.94. The maximum atomic E-state index is 13.2. The van der Waals surface area contributed by atoms with Gasteiger partial charge in [0.1, 0.15) is 5.82 Å². The summed E-state index contributed by atoms with van der Waals surface area (Å²) in [7, 11) is 0. The predicted octanol–water partition coefficient (Wildman–Crippen LogP) is 3.81. The Kier molecular flexibility index (Phi) is 4.77. The van der Waals surface area contributed by atoms with Crippen molar-refractivity contribution in [1.29, 1.82) is 0 Å². The molecule has 1 amide bonds. The van der Waals surface area contributed by atoms with Crippen molar-refractivity contribution in [3.63, 3.8) is 0 Å². The van der Waals surface area contributed by atoms with Crippen LogP contribution in [-0.2, 0) is 10.2 Å². The Balaban J connectivity index is 1.47. The van der Waals surface area contributed by atoms with Crippen molar-refractivity contribution in [2.75, 3.05) is 19.6 Å². The van der Waals surface area contributed by atoms with Crippen molar-refractivity contribution in [3.8, 4) is 0 Å². The largest absolute Gasteiger partial charge is 0.353 e. The highest BCUT2D eigenvalue weighted by atomic mass is 19.1. The van der Waals surface area contributed by atoms with E-state index in [1.54, 1.807) is 12.1 Å². The highest BCUT2D eigenvalue weighted by Crippen LogP contribution is 2.48. The third-order valence-electron chi connectivity index (χ3n) is 5.80. The molecule has 1 N–H and O–H groups in total. The molecular weight excluding hydrogens is 327 g/mol. The molecule has 26 heavy (non-hydrogen) atoms. The fraction of sp³-hybridized carbons (Fsp3) is 0.409. The van der Waals surface area contributed by atoms with Crippen molar-refractivity contribution in [3.05, 3.63) is 71.5 Å². The number of hydrogen-bond donors (Lipinski definition) is 1. The van der Waals surface area contributed by atoms with Gasteiger partial charge in [-0.05, 0) is 62.0 Å². The number of carbonyl (C=O) groups is 1. The van der Waals surface area contributed by atoms with Crippen molar-refractivity contribution < 1.29 is 9.18 Å². The summed E-state index contributed by atoms with van der Waals surface area (Å²) in [5.41, 5.74) is 1.72. The van der Waals surface area contributed by atoms with E-state index >= 15 is 0 Å². The van der Waals surface area contributed by atoms with Gasteiger partial charge in [-0.3, -0.25) is 9.69 Å². The zero-order valence-electron chi connectivity index (χ0n) is 15.0. The number of nitrogens with one attached hydrogen (secondary N) is 1. The predicted molar refractivity (Wildman–Crippen MR) is 100 cm³/mol. The number of amides is 1. The van der Waals surface area contributed by atoms with E-state index in [-0.39, 0.29) is 17.8 Å². The molecule has 0 bridgehead atoms. The third-order valence-corrected chi connectivity index (χ3v) is 5.80. The van der Waals surface area contributed by atoms with Crippen LogP contribution >= 0.6 is 0 Å². The maximum Gasteiger partial charge on any atom is 0.230 e. The van der Waals surface area contributed by atoms with Gasteiger partial charge in [-0.15, -0.1) is 0 Å². The Hall–Kier alpha value is -2.20. The molecule has 2 aromatic rings. The van der Waals surface area contributed by atoms with Crippen LogP contribution in [0.2, 0.25) is 0 Å². The van der Waals surface area contributed by atoms with Gasteiger partial charge in [0.2, 0.25) is 5.91 Å². The molecule has 0 spiro atoms. The molecule has 2 aromatic carbocycles. The fourth-order valence-electron chi connectivity index (χ4n) is 4.09. The van der Waals surface area contributed by atoms with Crippen molar-refractivity contribution >= 4 is 5.91 Å². The number of carbonyl (C=O) groups excluding carboxylic acids is 1. The lowest BCUT2D eigenvalue weighted by Gasteiger charge is -2.29. The van der Waals surface area contributed by atoms with Gasteiger partial charge in [0.05, 0.1) is 11.5 Å². The van der Waals surface area contributed by atoms with Crippen molar-refractivity contribution in [2.24, 2.45) is 0 Å². The number of nitrogens with zero attached hydrogens (tertiary/aromatic N) is 1. The van der Waals surface area contributed by atoms with Crippen LogP contribution in [0.25, 0.3) is 0 Å². The Morgan fingerprint density at radius 1 is 1.04 bits per heavy atom. The second kappa shape index (κ2) is 7.20. The number of hydrogen-bond acceptors (Lipinski definition) is 2. The first-order valence-electron chi connectivity index (χ1n) is 9.52. The van der Waals surface area contributed by atoms with Gasteiger partial charge in [0, 0.05) is 6.54 Å². The quantitative estimate of drug-likeness (QED) is 0.857. The molecular formula is C22H25FN2O. The number of halogens is 1. The molecule has 1 aliphatic heterocycles. The van der Waals surface area contributed by atoms with Gasteiger partial charge >= 0.3 is 0 Å². The summed E-state index contributed by atoms with van der Waals surface area (Å²) < 4.78 is 13.2. The topological polar surface area (TPSA) is 32.3 Å². The van der Waals surface area contributed by atoms with Crippen LogP contribution in [0.1, 0.15) is 42.9 Å². The van der Waals surface area contributed by atoms with Crippen LogP contribution in [0.5, 0.6) is 0 Å². The second-order valence-corrected chi connectivity index (χ2v) is 7.47. The lowest BCUT2D eigenvalue weighted by Crippen LogP contribution is -2.41.